The summed E-state index contributed by atoms with van der Waals surface area (Å²) in [7, 11) is 0. The zero-order chi connectivity index (χ0) is 12.1. The van der Waals surface area contributed by atoms with Crippen LogP contribution in [0.2, 0.25) is 0 Å². The number of carbonyl (C=O) groups is 1. The number of carbonyl (C=O) groups excluding carboxylic acids is 1. The van der Waals surface area contributed by atoms with Crippen LogP contribution in [-0.2, 0) is 9.53 Å². The van der Waals surface area contributed by atoms with Crippen molar-refractivity contribution < 1.29 is 9.53 Å². The molecule has 17 heavy (non-hydrogen) atoms. The highest BCUT2D eigenvalue weighted by Gasteiger charge is 2.29. The van der Waals surface area contributed by atoms with E-state index in [9.17, 15) is 4.79 Å². The van der Waals surface area contributed by atoms with Gasteiger partial charge >= 0.3 is 0 Å². The van der Waals surface area contributed by atoms with E-state index in [2.05, 4.69) is 5.32 Å². The van der Waals surface area contributed by atoms with Crippen LogP contribution in [0.4, 0.5) is 0 Å². The Balaban J connectivity index is 1.85. The van der Waals surface area contributed by atoms with Gasteiger partial charge in [0, 0.05) is 26.2 Å². The van der Waals surface area contributed by atoms with Crippen molar-refractivity contribution in [2.75, 3.05) is 32.8 Å². The van der Waals surface area contributed by atoms with Gasteiger partial charge < -0.3 is 15.0 Å². The van der Waals surface area contributed by atoms with Crippen LogP contribution < -0.4 is 5.32 Å². The molecular weight excluding hydrogens is 216 g/mol. The Bertz CT molecular complexity index is 250. The Labute approximate surface area is 104 Å². The van der Waals surface area contributed by atoms with Gasteiger partial charge in [0.25, 0.3) is 0 Å². The Hall–Kier alpha value is -0.610. The number of nitrogens with one attached hydrogen (secondary N) is 1. The summed E-state index contributed by atoms with van der Waals surface area (Å²) in [6.07, 6.45) is 4.60. The molecule has 2 saturated heterocycles. The molecule has 0 aromatic carbocycles. The number of hydrogen-bond acceptors (Lipinski definition) is 3. The predicted molar refractivity (Wildman–Crippen MR) is 66.8 cm³/mol. The topological polar surface area (TPSA) is 41.6 Å². The molecule has 2 unspecified atom stereocenters. The van der Waals surface area contributed by atoms with E-state index in [1.807, 2.05) is 11.8 Å². The van der Waals surface area contributed by atoms with Gasteiger partial charge in [0.1, 0.15) is 0 Å². The molecule has 0 aliphatic carbocycles. The minimum Gasteiger partial charge on any atom is -0.377 e. The number of amides is 1. The molecule has 0 radical (unpaired) electrons. The maximum atomic E-state index is 12.3. The lowest BCUT2D eigenvalue weighted by molar-refractivity contribution is -0.140. The second kappa shape index (κ2) is 6.36. The molecule has 0 bridgehead atoms. The summed E-state index contributed by atoms with van der Waals surface area (Å²) in [6.45, 7) is 6.39. The van der Waals surface area contributed by atoms with Gasteiger partial charge in [0.2, 0.25) is 5.91 Å². The fourth-order valence-electron chi connectivity index (χ4n) is 2.83. The molecular formula is C13H24N2O2. The largest absolute Gasteiger partial charge is 0.377 e. The van der Waals surface area contributed by atoms with E-state index in [1.165, 1.54) is 0 Å². The fourth-order valence-corrected chi connectivity index (χ4v) is 2.83. The smallest absolute Gasteiger partial charge is 0.227 e. The number of likely N-dealkylation sites (tertiary alicyclic amines) is 1. The molecule has 2 rings (SSSR count). The first-order chi connectivity index (χ1) is 8.31. The molecule has 2 aliphatic heterocycles. The van der Waals surface area contributed by atoms with E-state index >= 15 is 0 Å². The van der Waals surface area contributed by atoms with Crippen molar-refractivity contribution in [3.8, 4) is 0 Å². The van der Waals surface area contributed by atoms with Gasteiger partial charge in [-0.15, -0.1) is 0 Å². The molecule has 2 atom stereocenters. The van der Waals surface area contributed by atoms with Gasteiger partial charge in [0.05, 0.1) is 12.0 Å². The third kappa shape index (κ3) is 3.42. The van der Waals surface area contributed by atoms with Crippen molar-refractivity contribution in [2.45, 2.75) is 38.7 Å². The molecule has 2 fully saturated rings. The SMILES string of the molecule is CCOC1CCCN(C(=O)C2CCCNC2)C1. The van der Waals surface area contributed by atoms with Crippen molar-refractivity contribution >= 4 is 5.91 Å². The molecule has 2 aliphatic rings. The summed E-state index contributed by atoms with van der Waals surface area (Å²) in [5.74, 6) is 0.533. The van der Waals surface area contributed by atoms with Gasteiger partial charge in [0.15, 0.2) is 0 Å². The highest BCUT2D eigenvalue weighted by molar-refractivity contribution is 5.79. The highest BCUT2D eigenvalue weighted by atomic mass is 16.5. The highest BCUT2D eigenvalue weighted by Crippen LogP contribution is 2.19. The van der Waals surface area contributed by atoms with Crippen molar-refractivity contribution in [3.05, 3.63) is 0 Å². The normalized spacial score (nSPS) is 30.3. The predicted octanol–water partition coefficient (Wildman–Crippen LogP) is 1.01. The first-order valence-corrected chi connectivity index (χ1v) is 6.92. The molecule has 0 aromatic rings. The van der Waals surface area contributed by atoms with Gasteiger partial charge in [-0.05, 0) is 39.2 Å². The second-order valence-corrected chi connectivity index (χ2v) is 5.05. The average Bonchev–Trinajstić information content (AvgIpc) is 2.40. The minimum atomic E-state index is 0.198. The van der Waals surface area contributed by atoms with Crippen molar-refractivity contribution in [3.63, 3.8) is 0 Å². The lowest BCUT2D eigenvalue weighted by Crippen LogP contribution is -2.48. The van der Waals surface area contributed by atoms with Crippen molar-refractivity contribution in [1.29, 1.82) is 0 Å². The molecule has 98 valence electrons. The quantitative estimate of drug-likeness (QED) is 0.800. The van der Waals surface area contributed by atoms with Gasteiger partial charge in [-0.1, -0.05) is 0 Å². The number of nitrogens with zero attached hydrogens (tertiary/aromatic N) is 1. The van der Waals surface area contributed by atoms with E-state index in [0.717, 1.165) is 58.5 Å². The summed E-state index contributed by atoms with van der Waals surface area (Å²) in [5, 5.41) is 3.31. The van der Waals surface area contributed by atoms with Crippen molar-refractivity contribution in [1.82, 2.24) is 10.2 Å². The molecule has 4 heteroatoms. The molecule has 0 saturated carbocycles. The first-order valence-electron chi connectivity index (χ1n) is 6.92. The zero-order valence-electron chi connectivity index (χ0n) is 10.8. The summed E-state index contributed by atoms with van der Waals surface area (Å²) in [6, 6.07) is 0. The lowest BCUT2D eigenvalue weighted by atomic mass is 9.96. The van der Waals surface area contributed by atoms with E-state index in [-0.39, 0.29) is 12.0 Å². The minimum absolute atomic E-state index is 0.198. The van der Waals surface area contributed by atoms with Crippen LogP contribution in [0.15, 0.2) is 0 Å². The van der Waals surface area contributed by atoms with Gasteiger partial charge in [-0.2, -0.15) is 0 Å². The average molecular weight is 240 g/mol. The number of hydrogen-bond donors (Lipinski definition) is 1. The molecule has 2 heterocycles. The molecule has 4 nitrogen and oxygen atoms in total. The number of ether oxygens (including phenoxy) is 1. The van der Waals surface area contributed by atoms with Crippen LogP contribution in [0.5, 0.6) is 0 Å². The summed E-state index contributed by atoms with van der Waals surface area (Å²) >= 11 is 0. The van der Waals surface area contributed by atoms with Crippen molar-refractivity contribution in [2.24, 2.45) is 5.92 Å². The number of piperidine rings is 2. The summed E-state index contributed by atoms with van der Waals surface area (Å²) in [5.41, 5.74) is 0. The Morgan fingerprint density at radius 3 is 3.00 bits per heavy atom. The monoisotopic (exact) mass is 240 g/mol. The van der Waals surface area contributed by atoms with E-state index in [4.69, 9.17) is 4.74 Å². The summed E-state index contributed by atoms with van der Waals surface area (Å²) < 4.78 is 5.64. The molecule has 0 spiro atoms. The molecule has 1 amide bonds. The van der Waals surface area contributed by atoms with Crippen LogP contribution in [0.25, 0.3) is 0 Å². The lowest BCUT2D eigenvalue weighted by Gasteiger charge is -2.35. The Kier molecular flexibility index (Phi) is 4.80. The van der Waals surface area contributed by atoms with E-state index < -0.39 is 0 Å². The molecule has 1 N–H and O–H groups in total. The maximum Gasteiger partial charge on any atom is 0.227 e. The van der Waals surface area contributed by atoms with Crippen LogP contribution in [0.3, 0.4) is 0 Å². The second-order valence-electron chi connectivity index (χ2n) is 5.05. The van der Waals surface area contributed by atoms with E-state index in [1.54, 1.807) is 0 Å². The maximum absolute atomic E-state index is 12.3. The van der Waals surface area contributed by atoms with Gasteiger partial charge in [-0.25, -0.2) is 0 Å². The summed E-state index contributed by atoms with van der Waals surface area (Å²) in [4.78, 5) is 14.3. The van der Waals surface area contributed by atoms with Crippen LogP contribution in [0, 0.1) is 5.92 Å². The third-order valence-corrected chi connectivity index (χ3v) is 3.74. The van der Waals surface area contributed by atoms with Gasteiger partial charge in [-0.3, -0.25) is 4.79 Å². The van der Waals surface area contributed by atoms with Crippen LogP contribution >= 0.6 is 0 Å². The first kappa shape index (κ1) is 12.8. The fraction of sp³-hybridized carbons (Fsp3) is 0.923. The molecule has 0 aromatic heterocycles. The van der Waals surface area contributed by atoms with Crippen LogP contribution in [0.1, 0.15) is 32.6 Å². The third-order valence-electron chi connectivity index (χ3n) is 3.74. The zero-order valence-corrected chi connectivity index (χ0v) is 10.8. The van der Waals surface area contributed by atoms with E-state index in [0.29, 0.717) is 5.91 Å². The number of rotatable bonds is 3. The standard InChI is InChI=1S/C13H24N2O2/c1-2-17-12-6-4-8-15(10-12)13(16)11-5-3-7-14-9-11/h11-12,14H,2-10H2,1H3. The Morgan fingerprint density at radius 1 is 1.41 bits per heavy atom. The van der Waals surface area contributed by atoms with Crippen LogP contribution in [-0.4, -0.2) is 49.7 Å². The Morgan fingerprint density at radius 2 is 2.29 bits per heavy atom.